The van der Waals surface area contributed by atoms with Crippen LogP contribution >= 0.6 is 0 Å². The Labute approximate surface area is 91.9 Å². The first-order valence-corrected chi connectivity index (χ1v) is 5.15. The smallest absolute Gasteiger partial charge is 0.304 e. The van der Waals surface area contributed by atoms with E-state index in [0.29, 0.717) is 18.4 Å². The fourth-order valence-electron chi connectivity index (χ4n) is 1.63. The van der Waals surface area contributed by atoms with E-state index in [2.05, 4.69) is 0 Å². The molecule has 0 aliphatic heterocycles. The Balaban J connectivity index is 2.05. The fourth-order valence-corrected chi connectivity index (χ4v) is 1.63. The molecule has 0 bridgehead atoms. The molecule has 1 aromatic carbocycles. The number of halogens is 1. The van der Waals surface area contributed by atoms with Gasteiger partial charge in [0.25, 0.3) is 0 Å². The first-order chi connectivity index (χ1) is 7.50. The quantitative estimate of drug-likeness (QED) is 0.631. The molecule has 4 nitrogen and oxygen atoms in total. The number of nitro groups is 1. The third-order valence-corrected chi connectivity index (χ3v) is 2.91. The lowest BCUT2D eigenvalue weighted by Crippen LogP contribution is -2.07. The Kier molecular flexibility index (Phi) is 2.63. The zero-order valence-corrected chi connectivity index (χ0v) is 8.65. The number of hydrogen-bond acceptors (Lipinski definition) is 3. The SMILES string of the molecule is O=[N+]([O-])c1ccc(CCC2(O)CC2)cc1F. The third kappa shape index (κ3) is 2.36. The number of aliphatic hydroxyl groups is 1. The van der Waals surface area contributed by atoms with Crippen LogP contribution in [0.2, 0.25) is 0 Å². The first-order valence-electron chi connectivity index (χ1n) is 5.15. The second-order valence-electron chi connectivity index (χ2n) is 4.27. The van der Waals surface area contributed by atoms with E-state index < -0.39 is 22.0 Å². The van der Waals surface area contributed by atoms with Crippen LogP contribution in [0.15, 0.2) is 18.2 Å². The standard InChI is InChI=1S/C11H12FNO3/c12-9-7-8(1-2-10(9)13(15)16)3-4-11(14)5-6-11/h1-2,7,14H,3-6H2. The predicted molar refractivity (Wildman–Crippen MR) is 55.6 cm³/mol. The topological polar surface area (TPSA) is 63.4 Å². The molecule has 0 saturated heterocycles. The zero-order valence-electron chi connectivity index (χ0n) is 8.65. The second-order valence-corrected chi connectivity index (χ2v) is 4.27. The molecular formula is C11H12FNO3. The average Bonchev–Trinajstić information content (AvgIpc) is 2.94. The van der Waals surface area contributed by atoms with E-state index in [1.54, 1.807) is 0 Å². The molecule has 1 aliphatic rings. The molecule has 0 unspecified atom stereocenters. The Morgan fingerprint density at radius 1 is 1.50 bits per heavy atom. The number of rotatable bonds is 4. The van der Waals surface area contributed by atoms with Crippen LogP contribution in [-0.4, -0.2) is 15.6 Å². The Morgan fingerprint density at radius 3 is 2.69 bits per heavy atom. The molecular weight excluding hydrogens is 213 g/mol. The molecule has 0 atom stereocenters. The minimum absolute atomic E-state index is 0.506. The predicted octanol–water partition coefficient (Wildman–Crippen LogP) is 2.19. The molecule has 0 aromatic heterocycles. The molecule has 0 spiro atoms. The van der Waals surface area contributed by atoms with Crippen LogP contribution in [0.5, 0.6) is 0 Å². The van der Waals surface area contributed by atoms with Crippen molar-refractivity contribution in [1.82, 2.24) is 0 Å². The van der Waals surface area contributed by atoms with Gasteiger partial charge >= 0.3 is 5.69 Å². The van der Waals surface area contributed by atoms with Gasteiger partial charge in [-0.1, -0.05) is 6.07 Å². The Morgan fingerprint density at radius 2 is 2.19 bits per heavy atom. The second kappa shape index (κ2) is 3.83. The highest BCUT2D eigenvalue weighted by molar-refractivity contribution is 5.35. The summed E-state index contributed by atoms with van der Waals surface area (Å²) < 4.78 is 13.2. The van der Waals surface area contributed by atoms with E-state index in [1.165, 1.54) is 18.2 Å². The maximum Gasteiger partial charge on any atom is 0.304 e. The van der Waals surface area contributed by atoms with Crippen molar-refractivity contribution in [2.75, 3.05) is 0 Å². The lowest BCUT2D eigenvalue weighted by molar-refractivity contribution is -0.387. The van der Waals surface area contributed by atoms with Crippen molar-refractivity contribution in [3.8, 4) is 0 Å². The van der Waals surface area contributed by atoms with Crippen LogP contribution in [0, 0.1) is 15.9 Å². The summed E-state index contributed by atoms with van der Waals surface area (Å²) in [4.78, 5) is 9.64. The molecule has 16 heavy (non-hydrogen) atoms. The molecule has 0 heterocycles. The van der Waals surface area contributed by atoms with Crippen molar-refractivity contribution in [2.45, 2.75) is 31.3 Å². The van der Waals surface area contributed by atoms with Gasteiger partial charge in [0.2, 0.25) is 5.82 Å². The van der Waals surface area contributed by atoms with Crippen molar-refractivity contribution in [3.63, 3.8) is 0 Å². The summed E-state index contributed by atoms with van der Waals surface area (Å²) in [7, 11) is 0. The van der Waals surface area contributed by atoms with Gasteiger partial charge in [-0.3, -0.25) is 10.1 Å². The van der Waals surface area contributed by atoms with Crippen LogP contribution < -0.4 is 0 Å². The first kappa shape index (κ1) is 11.0. The van der Waals surface area contributed by atoms with Gasteiger partial charge in [-0.2, -0.15) is 4.39 Å². The molecule has 1 aliphatic carbocycles. The average molecular weight is 225 g/mol. The van der Waals surface area contributed by atoms with Gasteiger partial charge in [-0.25, -0.2) is 0 Å². The molecule has 0 amide bonds. The minimum Gasteiger partial charge on any atom is -0.390 e. The van der Waals surface area contributed by atoms with Gasteiger partial charge in [0, 0.05) is 6.07 Å². The van der Waals surface area contributed by atoms with E-state index >= 15 is 0 Å². The maximum absolute atomic E-state index is 13.2. The molecule has 86 valence electrons. The fraction of sp³-hybridized carbons (Fsp3) is 0.455. The highest BCUT2D eigenvalue weighted by atomic mass is 19.1. The molecule has 2 rings (SSSR count). The summed E-state index contributed by atoms with van der Waals surface area (Å²) in [5.74, 6) is -0.815. The largest absolute Gasteiger partial charge is 0.390 e. The Hall–Kier alpha value is -1.49. The maximum atomic E-state index is 13.2. The number of benzene rings is 1. The van der Waals surface area contributed by atoms with Crippen LogP contribution in [0.3, 0.4) is 0 Å². The van der Waals surface area contributed by atoms with Gasteiger partial charge in [0.05, 0.1) is 10.5 Å². The number of nitrogens with zero attached hydrogens (tertiary/aromatic N) is 1. The Bertz CT molecular complexity index is 429. The zero-order chi connectivity index (χ0) is 11.8. The van der Waals surface area contributed by atoms with E-state index in [-0.39, 0.29) is 0 Å². The number of hydrogen-bond donors (Lipinski definition) is 1. The lowest BCUT2D eigenvalue weighted by atomic mass is 10.1. The summed E-state index contributed by atoms with van der Waals surface area (Å²) in [5, 5.41) is 20.0. The van der Waals surface area contributed by atoms with E-state index in [1.807, 2.05) is 0 Å². The molecule has 1 N–H and O–H groups in total. The minimum atomic E-state index is -0.815. The molecule has 1 fully saturated rings. The van der Waals surface area contributed by atoms with Crippen molar-refractivity contribution in [3.05, 3.63) is 39.7 Å². The van der Waals surface area contributed by atoms with Crippen LogP contribution in [0.1, 0.15) is 24.8 Å². The van der Waals surface area contributed by atoms with Crippen LogP contribution in [0.4, 0.5) is 10.1 Å². The monoisotopic (exact) mass is 225 g/mol. The summed E-state index contributed by atoms with van der Waals surface area (Å²) in [6.45, 7) is 0. The van der Waals surface area contributed by atoms with Gasteiger partial charge in [-0.15, -0.1) is 0 Å². The van der Waals surface area contributed by atoms with Crippen molar-refractivity contribution in [1.29, 1.82) is 0 Å². The molecule has 1 aromatic rings. The normalized spacial score (nSPS) is 17.1. The molecule has 0 radical (unpaired) electrons. The summed E-state index contributed by atoms with van der Waals surface area (Å²) >= 11 is 0. The van der Waals surface area contributed by atoms with Gasteiger partial charge in [0.15, 0.2) is 0 Å². The van der Waals surface area contributed by atoms with Crippen LogP contribution in [-0.2, 0) is 6.42 Å². The number of aryl methyl sites for hydroxylation is 1. The molecule has 5 heteroatoms. The summed E-state index contributed by atoms with van der Waals surface area (Å²) in [5.41, 5.74) is -0.393. The highest BCUT2D eigenvalue weighted by Crippen LogP contribution is 2.39. The van der Waals surface area contributed by atoms with Crippen molar-refractivity contribution >= 4 is 5.69 Å². The van der Waals surface area contributed by atoms with E-state index in [9.17, 15) is 19.6 Å². The van der Waals surface area contributed by atoms with E-state index in [0.717, 1.165) is 12.8 Å². The van der Waals surface area contributed by atoms with Gasteiger partial charge in [0.1, 0.15) is 0 Å². The van der Waals surface area contributed by atoms with Gasteiger partial charge < -0.3 is 5.11 Å². The van der Waals surface area contributed by atoms with Crippen molar-refractivity contribution < 1.29 is 14.4 Å². The van der Waals surface area contributed by atoms with E-state index in [4.69, 9.17) is 0 Å². The van der Waals surface area contributed by atoms with Crippen molar-refractivity contribution in [2.24, 2.45) is 0 Å². The lowest BCUT2D eigenvalue weighted by Gasteiger charge is -2.06. The van der Waals surface area contributed by atoms with Crippen LogP contribution in [0.25, 0.3) is 0 Å². The van der Waals surface area contributed by atoms with Gasteiger partial charge in [-0.05, 0) is 37.3 Å². The molecule has 1 saturated carbocycles. The third-order valence-electron chi connectivity index (χ3n) is 2.91. The summed E-state index contributed by atoms with van der Waals surface area (Å²) in [6, 6.07) is 3.87. The highest BCUT2D eigenvalue weighted by Gasteiger charge is 2.39. The summed E-state index contributed by atoms with van der Waals surface area (Å²) in [6.07, 6.45) is 2.72. The number of nitro benzene ring substituents is 1.